The Morgan fingerprint density at radius 3 is 2.80 bits per heavy atom. The molecule has 3 N–H and O–H groups in total. The highest BCUT2D eigenvalue weighted by molar-refractivity contribution is 7.98. The van der Waals surface area contributed by atoms with Gasteiger partial charge in [0.05, 0.1) is 34.7 Å². The van der Waals surface area contributed by atoms with Gasteiger partial charge in [-0.3, -0.25) is 14.8 Å². The predicted octanol–water partition coefficient (Wildman–Crippen LogP) is 3.67. The average molecular weight is 486 g/mol. The zero-order valence-corrected chi connectivity index (χ0v) is 20.5. The first-order valence-electron chi connectivity index (χ1n) is 11.4. The SMILES string of the molecule is CSc1cncc(C(=O)NCc2cc3nc(-c4cccc(N5CCC(C)(N)C5)n4)ccc3cn2)c1. The van der Waals surface area contributed by atoms with E-state index in [2.05, 4.69) is 27.1 Å². The van der Waals surface area contributed by atoms with E-state index >= 15 is 0 Å². The Balaban J connectivity index is 1.34. The van der Waals surface area contributed by atoms with Crippen LogP contribution in [-0.2, 0) is 6.54 Å². The normalized spacial score (nSPS) is 17.6. The van der Waals surface area contributed by atoms with Crippen LogP contribution in [0.3, 0.4) is 0 Å². The van der Waals surface area contributed by atoms with Gasteiger partial charge in [0.2, 0.25) is 0 Å². The van der Waals surface area contributed by atoms with E-state index in [-0.39, 0.29) is 11.4 Å². The lowest BCUT2D eigenvalue weighted by Gasteiger charge is -2.21. The number of thioether (sulfide) groups is 1. The maximum atomic E-state index is 12.5. The van der Waals surface area contributed by atoms with Gasteiger partial charge in [-0.25, -0.2) is 9.97 Å². The van der Waals surface area contributed by atoms with Crippen LogP contribution >= 0.6 is 11.8 Å². The number of nitrogens with one attached hydrogen (secondary N) is 1. The highest BCUT2D eigenvalue weighted by atomic mass is 32.2. The van der Waals surface area contributed by atoms with Gasteiger partial charge in [-0.2, -0.15) is 0 Å². The highest BCUT2D eigenvalue weighted by Gasteiger charge is 2.30. The summed E-state index contributed by atoms with van der Waals surface area (Å²) in [5.41, 5.74) is 9.76. The lowest BCUT2D eigenvalue weighted by atomic mass is 10.0. The minimum absolute atomic E-state index is 0.187. The average Bonchev–Trinajstić information content (AvgIpc) is 3.26. The summed E-state index contributed by atoms with van der Waals surface area (Å²) < 4.78 is 0. The fraction of sp³-hybridized carbons (Fsp3) is 0.269. The van der Waals surface area contributed by atoms with Gasteiger partial charge in [0.25, 0.3) is 5.91 Å². The van der Waals surface area contributed by atoms with Crippen molar-refractivity contribution in [3.63, 3.8) is 0 Å². The minimum atomic E-state index is -0.189. The molecule has 0 saturated carbocycles. The number of nitrogens with zero attached hydrogens (tertiary/aromatic N) is 5. The van der Waals surface area contributed by atoms with Gasteiger partial charge in [0.1, 0.15) is 5.82 Å². The molecular weight excluding hydrogens is 458 g/mol. The van der Waals surface area contributed by atoms with Gasteiger partial charge >= 0.3 is 0 Å². The summed E-state index contributed by atoms with van der Waals surface area (Å²) in [5, 5.41) is 3.84. The Morgan fingerprint density at radius 1 is 1.14 bits per heavy atom. The molecule has 1 aliphatic heterocycles. The molecule has 0 bridgehead atoms. The molecule has 4 aromatic rings. The molecule has 35 heavy (non-hydrogen) atoms. The number of carbonyl (C=O) groups excluding carboxylic acids is 1. The smallest absolute Gasteiger partial charge is 0.253 e. The van der Waals surface area contributed by atoms with Crippen LogP contribution in [0, 0.1) is 0 Å². The minimum Gasteiger partial charge on any atom is -0.355 e. The molecule has 0 radical (unpaired) electrons. The number of nitrogens with two attached hydrogens (primary N) is 1. The van der Waals surface area contributed by atoms with Crippen LogP contribution < -0.4 is 16.0 Å². The van der Waals surface area contributed by atoms with Crippen LogP contribution in [0.25, 0.3) is 22.3 Å². The van der Waals surface area contributed by atoms with Gasteiger partial charge in [-0.15, -0.1) is 11.8 Å². The third-order valence-electron chi connectivity index (χ3n) is 6.10. The van der Waals surface area contributed by atoms with Crippen molar-refractivity contribution in [1.82, 2.24) is 25.3 Å². The molecule has 1 atom stereocenters. The number of aromatic nitrogens is 4. The lowest BCUT2D eigenvalue weighted by Crippen LogP contribution is -2.39. The first-order chi connectivity index (χ1) is 16.9. The second-order valence-corrected chi connectivity index (χ2v) is 9.95. The van der Waals surface area contributed by atoms with E-state index in [0.717, 1.165) is 58.2 Å². The monoisotopic (exact) mass is 485 g/mol. The Morgan fingerprint density at radius 2 is 2.00 bits per heavy atom. The van der Waals surface area contributed by atoms with Crippen molar-refractivity contribution >= 4 is 34.4 Å². The Kier molecular flexibility index (Phi) is 6.36. The van der Waals surface area contributed by atoms with Crippen LogP contribution in [0.1, 0.15) is 29.4 Å². The van der Waals surface area contributed by atoms with Crippen LogP contribution in [-0.4, -0.2) is 50.7 Å². The number of carbonyl (C=O) groups is 1. The first kappa shape index (κ1) is 23.2. The third kappa shape index (κ3) is 5.26. The van der Waals surface area contributed by atoms with Gasteiger partial charge in [-0.1, -0.05) is 6.07 Å². The maximum absolute atomic E-state index is 12.5. The van der Waals surface area contributed by atoms with Gasteiger partial charge in [0.15, 0.2) is 0 Å². The van der Waals surface area contributed by atoms with E-state index in [1.807, 2.05) is 48.7 Å². The number of rotatable bonds is 6. The molecule has 1 fully saturated rings. The second-order valence-electron chi connectivity index (χ2n) is 9.07. The maximum Gasteiger partial charge on any atom is 0.253 e. The number of anilines is 1. The Hall–Kier alpha value is -3.56. The quantitative estimate of drug-likeness (QED) is 0.398. The van der Waals surface area contributed by atoms with Gasteiger partial charge < -0.3 is 16.0 Å². The molecule has 5 heterocycles. The molecule has 1 saturated heterocycles. The Bertz CT molecular complexity index is 1390. The summed E-state index contributed by atoms with van der Waals surface area (Å²) in [6.45, 7) is 4.05. The fourth-order valence-electron chi connectivity index (χ4n) is 4.15. The van der Waals surface area contributed by atoms with Crippen LogP contribution in [0.2, 0.25) is 0 Å². The summed E-state index contributed by atoms with van der Waals surface area (Å²) in [6.07, 6.45) is 7.97. The number of pyridine rings is 4. The molecule has 1 aliphatic rings. The van der Waals surface area contributed by atoms with E-state index in [9.17, 15) is 4.79 Å². The van der Waals surface area contributed by atoms with E-state index in [0.29, 0.717) is 12.1 Å². The van der Waals surface area contributed by atoms with Crippen molar-refractivity contribution in [2.75, 3.05) is 24.2 Å². The number of hydrogen-bond acceptors (Lipinski definition) is 8. The predicted molar refractivity (Wildman–Crippen MR) is 139 cm³/mol. The van der Waals surface area contributed by atoms with Crippen molar-refractivity contribution in [3.8, 4) is 11.4 Å². The van der Waals surface area contributed by atoms with E-state index in [1.165, 1.54) is 0 Å². The van der Waals surface area contributed by atoms with Crippen LogP contribution in [0.15, 0.2) is 66.0 Å². The molecule has 0 spiro atoms. The van der Waals surface area contributed by atoms with Crippen molar-refractivity contribution in [3.05, 3.63) is 72.3 Å². The second kappa shape index (κ2) is 9.59. The molecule has 8 nitrogen and oxygen atoms in total. The first-order valence-corrected chi connectivity index (χ1v) is 12.7. The summed E-state index contributed by atoms with van der Waals surface area (Å²) in [7, 11) is 0. The Labute approximate surface area is 208 Å². The molecule has 1 amide bonds. The number of amides is 1. The summed E-state index contributed by atoms with van der Waals surface area (Å²) in [4.78, 5) is 34.0. The standard InChI is InChI=1S/C26H27N7OS/c1-26(27)8-9-33(16-26)24-5-3-4-21(32-24)22-7-6-17-13-29-19(11-23(17)31-22)14-30-25(34)18-10-20(35-2)15-28-12-18/h3-7,10-13,15H,8-9,14,16,27H2,1-2H3,(H,30,34). The van der Waals surface area contributed by atoms with E-state index < -0.39 is 0 Å². The molecule has 5 rings (SSSR count). The van der Waals surface area contributed by atoms with Crippen LogP contribution in [0.5, 0.6) is 0 Å². The third-order valence-corrected chi connectivity index (χ3v) is 6.79. The number of hydrogen-bond donors (Lipinski definition) is 2. The van der Waals surface area contributed by atoms with E-state index in [1.54, 1.807) is 30.4 Å². The summed E-state index contributed by atoms with van der Waals surface area (Å²) >= 11 is 1.55. The molecule has 9 heteroatoms. The zero-order chi connectivity index (χ0) is 24.4. The molecule has 178 valence electrons. The fourth-order valence-corrected chi connectivity index (χ4v) is 4.56. The van der Waals surface area contributed by atoms with Crippen molar-refractivity contribution in [2.24, 2.45) is 5.73 Å². The topological polar surface area (TPSA) is 110 Å². The van der Waals surface area contributed by atoms with Gasteiger partial charge in [-0.05, 0) is 56.0 Å². The van der Waals surface area contributed by atoms with Crippen molar-refractivity contribution in [2.45, 2.75) is 30.3 Å². The molecule has 0 aromatic carbocycles. The molecular formula is C26H27N7OS. The van der Waals surface area contributed by atoms with E-state index in [4.69, 9.17) is 15.7 Å². The zero-order valence-electron chi connectivity index (χ0n) is 19.7. The lowest BCUT2D eigenvalue weighted by molar-refractivity contribution is 0.0950. The van der Waals surface area contributed by atoms with Gasteiger partial charge in [0, 0.05) is 47.5 Å². The van der Waals surface area contributed by atoms with Crippen LogP contribution in [0.4, 0.5) is 5.82 Å². The summed E-state index contributed by atoms with van der Waals surface area (Å²) in [6, 6.07) is 13.7. The molecule has 4 aromatic heterocycles. The van der Waals surface area contributed by atoms with Crippen molar-refractivity contribution in [1.29, 1.82) is 0 Å². The highest BCUT2D eigenvalue weighted by Crippen LogP contribution is 2.26. The number of fused-ring (bicyclic) bond motifs is 1. The molecule has 0 aliphatic carbocycles. The molecule has 1 unspecified atom stereocenters. The summed E-state index contributed by atoms with van der Waals surface area (Å²) in [5.74, 6) is 0.727. The largest absolute Gasteiger partial charge is 0.355 e. The van der Waals surface area contributed by atoms with Crippen molar-refractivity contribution < 1.29 is 4.79 Å².